The van der Waals surface area contributed by atoms with Gasteiger partial charge in [-0.1, -0.05) is 164 Å². The van der Waals surface area contributed by atoms with Crippen molar-refractivity contribution < 1.29 is 4.74 Å². The second kappa shape index (κ2) is 12.5. The van der Waals surface area contributed by atoms with Gasteiger partial charge in [-0.15, -0.1) is 0 Å². The van der Waals surface area contributed by atoms with Gasteiger partial charge in [0.1, 0.15) is 5.75 Å². The Balaban J connectivity index is 1.24. The molecule has 1 aliphatic heterocycles. The van der Waals surface area contributed by atoms with Gasteiger partial charge in [-0.3, -0.25) is 0 Å². The summed E-state index contributed by atoms with van der Waals surface area (Å²) in [5, 5.41) is 4.83. The van der Waals surface area contributed by atoms with Crippen LogP contribution in [-0.4, -0.2) is 0 Å². The first-order valence-corrected chi connectivity index (χ1v) is 17.8. The van der Waals surface area contributed by atoms with Crippen molar-refractivity contribution in [2.24, 2.45) is 0 Å². The Kier molecular flexibility index (Phi) is 7.18. The lowest BCUT2D eigenvalue weighted by atomic mass is 9.85. The molecule has 0 aromatic heterocycles. The molecule has 1 aliphatic rings. The number of benzene rings is 9. The van der Waals surface area contributed by atoms with Crippen LogP contribution in [0.1, 0.15) is 0 Å². The number of anilines is 3. The molecule has 0 fully saturated rings. The standard InChI is InChI=1S/C50H33NO/c1-3-14-34(15-4-1)35-28-31-39(32-29-35)51(38-19-5-2-6-20-38)46-26-12-25-45-48-41-22-10-8-17-37(41)30-33-44(48)49-43(24-13-27-47(49)52-50(45)46)42-23-11-18-36-16-7-9-21-40(36)42/h1-33H. The first-order valence-electron chi connectivity index (χ1n) is 17.8. The first-order chi connectivity index (χ1) is 25.8. The highest BCUT2D eigenvalue weighted by Crippen LogP contribution is 2.56. The van der Waals surface area contributed by atoms with Crippen molar-refractivity contribution in [1.82, 2.24) is 0 Å². The molecule has 0 bridgehead atoms. The molecule has 9 aromatic rings. The van der Waals surface area contributed by atoms with Crippen LogP contribution in [0.5, 0.6) is 11.5 Å². The Hall–Kier alpha value is -6.90. The fourth-order valence-corrected chi connectivity index (χ4v) is 7.90. The van der Waals surface area contributed by atoms with Gasteiger partial charge in [-0.25, -0.2) is 0 Å². The molecule has 1 heterocycles. The van der Waals surface area contributed by atoms with Crippen LogP contribution < -0.4 is 9.64 Å². The van der Waals surface area contributed by atoms with Gasteiger partial charge >= 0.3 is 0 Å². The Morgan fingerprint density at radius 3 is 1.71 bits per heavy atom. The van der Waals surface area contributed by atoms with Crippen molar-refractivity contribution in [3.63, 3.8) is 0 Å². The molecule has 2 heteroatoms. The summed E-state index contributed by atoms with van der Waals surface area (Å²) < 4.78 is 7.31. The lowest BCUT2D eigenvalue weighted by Crippen LogP contribution is -2.11. The van der Waals surface area contributed by atoms with Crippen molar-refractivity contribution in [2.45, 2.75) is 0 Å². The third-order valence-electron chi connectivity index (χ3n) is 10.3. The third kappa shape index (κ3) is 4.96. The lowest BCUT2D eigenvalue weighted by Gasteiger charge is -2.28. The van der Waals surface area contributed by atoms with Crippen LogP contribution in [0.2, 0.25) is 0 Å². The largest absolute Gasteiger partial charge is 0.454 e. The van der Waals surface area contributed by atoms with Gasteiger partial charge in [-0.05, 0) is 85.8 Å². The average Bonchev–Trinajstić information content (AvgIpc) is 3.37. The summed E-state index contributed by atoms with van der Waals surface area (Å²) in [4.78, 5) is 2.32. The van der Waals surface area contributed by atoms with Gasteiger partial charge in [0.2, 0.25) is 0 Å². The summed E-state index contributed by atoms with van der Waals surface area (Å²) in [7, 11) is 0. The number of nitrogens with zero attached hydrogens (tertiary/aromatic N) is 1. The van der Waals surface area contributed by atoms with Crippen LogP contribution in [0, 0.1) is 0 Å². The SMILES string of the molecule is c1ccc(-c2ccc(N(c3ccccc3)c3cccc4c3Oc3cccc(-c5cccc6ccccc56)c3-c3ccc5ccccc5c3-4)cc2)cc1. The Morgan fingerprint density at radius 1 is 0.327 bits per heavy atom. The van der Waals surface area contributed by atoms with E-state index in [0.717, 1.165) is 50.8 Å². The highest BCUT2D eigenvalue weighted by Gasteiger charge is 2.29. The van der Waals surface area contributed by atoms with Crippen LogP contribution in [0.4, 0.5) is 17.1 Å². The van der Waals surface area contributed by atoms with Crippen LogP contribution in [-0.2, 0) is 0 Å². The van der Waals surface area contributed by atoms with E-state index in [1.807, 2.05) is 0 Å². The maximum absolute atomic E-state index is 7.31. The minimum Gasteiger partial charge on any atom is -0.454 e. The fourth-order valence-electron chi connectivity index (χ4n) is 7.90. The number of rotatable bonds is 5. The van der Waals surface area contributed by atoms with Crippen molar-refractivity contribution in [2.75, 3.05) is 4.90 Å². The van der Waals surface area contributed by atoms with E-state index < -0.39 is 0 Å². The minimum atomic E-state index is 0.824. The number of hydrogen-bond acceptors (Lipinski definition) is 2. The van der Waals surface area contributed by atoms with E-state index >= 15 is 0 Å². The molecule has 0 N–H and O–H groups in total. The summed E-state index contributed by atoms with van der Waals surface area (Å²) >= 11 is 0. The zero-order chi connectivity index (χ0) is 34.4. The molecule has 0 amide bonds. The Bertz CT molecular complexity index is 2750. The third-order valence-corrected chi connectivity index (χ3v) is 10.3. The summed E-state index contributed by atoms with van der Waals surface area (Å²) in [6.45, 7) is 0. The van der Waals surface area contributed by atoms with Crippen LogP contribution in [0.15, 0.2) is 200 Å². The summed E-state index contributed by atoms with van der Waals surface area (Å²) in [5.41, 5.74) is 12.3. The molecule has 10 rings (SSSR count). The van der Waals surface area contributed by atoms with Crippen LogP contribution >= 0.6 is 0 Å². The molecule has 0 atom stereocenters. The maximum Gasteiger partial charge on any atom is 0.159 e. The predicted molar refractivity (Wildman–Crippen MR) is 218 cm³/mol. The smallest absolute Gasteiger partial charge is 0.159 e. The zero-order valence-electron chi connectivity index (χ0n) is 28.4. The van der Waals surface area contributed by atoms with Crippen molar-refractivity contribution in [3.8, 4) is 56.0 Å². The second-order valence-electron chi connectivity index (χ2n) is 13.3. The molecule has 0 aliphatic carbocycles. The van der Waals surface area contributed by atoms with Crippen LogP contribution in [0.3, 0.4) is 0 Å². The van der Waals surface area contributed by atoms with Crippen molar-refractivity contribution in [1.29, 1.82) is 0 Å². The molecule has 2 nitrogen and oxygen atoms in total. The molecule has 9 aromatic carbocycles. The van der Waals surface area contributed by atoms with Crippen LogP contribution in [0.25, 0.3) is 66.1 Å². The summed E-state index contributed by atoms with van der Waals surface area (Å²) in [6, 6.07) is 71.4. The molecule has 0 unspecified atom stereocenters. The Morgan fingerprint density at radius 2 is 0.904 bits per heavy atom. The average molecular weight is 664 g/mol. The first kappa shape index (κ1) is 30.0. The molecule has 244 valence electrons. The van der Waals surface area contributed by atoms with Gasteiger partial charge in [0.05, 0.1) is 5.69 Å². The van der Waals surface area contributed by atoms with Gasteiger partial charge in [-0.2, -0.15) is 0 Å². The quantitative estimate of drug-likeness (QED) is 0.182. The molecule has 0 radical (unpaired) electrons. The number of hydrogen-bond donors (Lipinski definition) is 0. The Labute approximate surface area is 303 Å². The van der Waals surface area contributed by atoms with E-state index in [2.05, 4.69) is 205 Å². The molecule has 0 spiro atoms. The van der Waals surface area contributed by atoms with E-state index in [0.29, 0.717) is 0 Å². The van der Waals surface area contributed by atoms with E-state index in [4.69, 9.17) is 4.74 Å². The van der Waals surface area contributed by atoms with Gasteiger partial charge in [0, 0.05) is 28.1 Å². The van der Waals surface area contributed by atoms with Gasteiger partial charge in [0.15, 0.2) is 5.75 Å². The summed E-state index contributed by atoms with van der Waals surface area (Å²) in [6.07, 6.45) is 0. The summed E-state index contributed by atoms with van der Waals surface area (Å²) in [5.74, 6) is 1.66. The maximum atomic E-state index is 7.31. The normalized spacial score (nSPS) is 11.6. The number of fused-ring (bicyclic) bond motifs is 8. The molecule has 0 saturated heterocycles. The van der Waals surface area contributed by atoms with E-state index in [1.54, 1.807) is 0 Å². The van der Waals surface area contributed by atoms with E-state index in [-0.39, 0.29) is 0 Å². The van der Waals surface area contributed by atoms with Gasteiger partial charge in [0.25, 0.3) is 0 Å². The van der Waals surface area contributed by atoms with Crippen molar-refractivity contribution in [3.05, 3.63) is 200 Å². The second-order valence-corrected chi connectivity index (χ2v) is 13.3. The fraction of sp³-hybridized carbons (Fsp3) is 0. The van der Waals surface area contributed by atoms with E-state index in [9.17, 15) is 0 Å². The zero-order valence-corrected chi connectivity index (χ0v) is 28.4. The monoisotopic (exact) mass is 663 g/mol. The van der Waals surface area contributed by atoms with Crippen molar-refractivity contribution >= 4 is 38.6 Å². The van der Waals surface area contributed by atoms with E-state index in [1.165, 1.54) is 43.8 Å². The molecule has 0 saturated carbocycles. The van der Waals surface area contributed by atoms with Gasteiger partial charge < -0.3 is 9.64 Å². The molecule has 52 heavy (non-hydrogen) atoms. The minimum absolute atomic E-state index is 0.824. The molecular weight excluding hydrogens is 631 g/mol. The topological polar surface area (TPSA) is 12.5 Å². The highest BCUT2D eigenvalue weighted by molar-refractivity contribution is 6.11. The number of para-hydroxylation sites is 2. The molecular formula is C50H33NO. The number of ether oxygens (including phenoxy) is 1. The predicted octanol–water partition coefficient (Wildman–Crippen LogP) is 14.2. The highest BCUT2D eigenvalue weighted by atomic mass is 16.5. The lowest BCUT2D eigenvalue weighted by molar-refractivity contribution is 0.489.